The van der Waals surface area contributed by atoms with Gasteiger partial charge in [0.05, 0.1) is 16.7 Å². The second-order valence-corrected chi connectivity index (χ2v) is 19.2. The largest absolute Gasteiger partial charge is 0.458 e. The van der Waals surface area contributed by atoms with Crippen molar-refractivity contribution in [1.82, 2.24) is 4.57 Å². The highest BCUT2D eigenvalue weighted by molar-refractivity contribution is 6.24. The highest BCUT2D eigenvalue weighted by Crippen LogP contribution is 2.52. The van der Waals surface area contributed by atoms with Crippen LogP contribution in [0.25, 0.3) is 77.9 Å². The lowest BCUT2D eigenvalue weighted by molar-refractivity contribution is 0.548. The monoisotopic (exact) mass is 862 g/mol. The zero-order valence-electron chi connectivity index (χ0n) is 38.1. The first-order valence-electron chi connectivity index (χ1n) is 23.9. The lowest BCUT2D eigenvalue weighted by atomic mass is 9.82. The molecule has 0 fully saturated rings. The molecule has 322 valence electrons. The molecule has 0 saturated carbocycles. The van der Waals surface area contributed by atoms with Gasteiger partial charge in [0.2, 0.25) is 0 Å². The number of rotatable bonds is 7. The second kappa shape index (κ2) is 15.4. The van der Waals surface area contributed by atoms with E-state index in [0.29, 0.717) is 11.8 Å². The number of nitrogens with zero attached hydrogens (tertiary/aromatic N) is 2. The Kier molecular flexibility index (Phi) is 9.05. The van der Waals surface area contributed by atoms with Crippen molar-refractivity contribution in [3.63, 3.8) is 0 Å². The summed E-state index contributed by atoms with van der Waals surface area (Å²) < 4.78 is 9.49. The maximum Gasteiger partial charge on any atom is 0.159 e. The maximum atomic E-state index is 7.01. The van der Waals surface area contributed by atoms with Crippen molar-refractivity contribution in [3.05, 3.63) is 234 Å². The van der Waals surface area contributed by atoms with Gasteiger partial charge in [0.1, 0.15) is 5.76 Å². The molecule has 10 aromatic rings. The molecule has 2 unspecified atom stereocenters. The summed E-state index contributed by atoms with van der Waals surface area (Å²) in [5.41, 5.74) is 20.3. The third-order valence-electron chi connectivity index (χ3n) is 14.9. The summed E-state index contributed by atoms with van der Waals surface area (Å²) in [6, 6.07) is 67.1. The topological polar surface area (TPSA) is 21.3 Å². The zero-order valence-corrected chi connectivity index (χ0v) is 38.1. The third-order valence-corrected chi connectivity index (χ3v) is 14.9. The van der Waals surface area contributed by atoms with Crippen LogP contribution in [0.15, 0.2) is 211 Å². The number of aromatic nitrogens is 1. The van der Waals surface area contributed by atoms with Crippen LogP contribution in [0.1, 0.15) is 61.1 Å². The second-order valence-electron chi connectivity index (χ2n) is 19.2. The number of benzene rings is 8. The van der Waals surface area contributed by atoms with E-state index in [0.717, 1.165) is 52.1 Å². The third kappa shape index (κ3) is 6.18. The Morgan fingerprint density at radius 2 is 1.28 bits per heavy atom. The fourth-order valence-electron chi connectivity index (χ4n) is 11.7. The number of para-hydroxylation sites is 2. The lowest BCUT2D eigenvalue weighted by Gasteiger charge is -2.30. The zero-order chi connectivity index (χ0) is 44.8. The highest BCUT2D eigenvalue weighted by atomic mass is 16.3. The number of furan rings is 1. The molecule has 67 heavy (non-hydrogen) atoms. The van der Waals surface area contributed by atoms with Crippen molar-refractivity contribution in [2.75, 3.05) is 4.90 Å². The van der Waals surface area contributed by atoms with Gasteiger partial charge in [-0.05, 0) is 105 Å². The minimum Gasteiger partial charge on any atom is -0.458 e. The Bertz CT molecular complexity index is 3670. The predicted molar refractivity (Wildman–Crippen MR) is 281 cm³/mol. The van der Waals surface area contributed by atoms with E-state index in [4.69, 9.17) is 4.42 Å². The number of aryl methyl sites for hydroxylation is 1. The Morgan fingerprint density at radius 1 is 0.597 bits per heavy atom. The maximum absolute atomic E-state index is 7.01. The Morgan fingerprint density at radius 3 is 2.10 bits per heavy atom. The van der Waals surface area contributed by atoms with Crippen molar-refractivity contribution in [2.24, 2.45) is 5.92 Å². The molecule has 13 rings (SSSR count). The fourth-order valence-corrected chi connectivity index (χ4v) is 11.7. The van der Waals surface area contributed by atoms with Crippen LogP contribution < -0.4 is 4.90 Å². The molecule has 3 nitrogen and oxygen atoms in total. The number of anilines is 3. The molecule has 2 heterocycles. The number of allylic oxidation sites excluding steroid dienone is 5. The van der Waals surface area contributed by atoms with Gasteiger partial charge in [-0.1, -0.05) is 185 Å². The molecule has 0 bridgehead atoms. The summed E-state index contributed by atoms with van der Waals surface area (Å²) in [7, 11) is 0. The summed E-state index contributed by atoms with van der Waals surface area (Å²) in [4.78, 5) is 2.46. The molecule has 0 saturated heterocycles. The highest BCUT2D eigenvalue weighted by Gasteiger charge is 2.36. The SMILES string of the molecule is CC1C=C(n2c3ccccc3c3c(-c4ccc(N(c5ccc6c(c5)C(C)(C)c5ccccc5-6)c5ccccc5-c5ccccc5)cc4)cc4c5c(oc4c32)CCC=C5)C=CC1c1ccccc1. The van der Waals surface area contributed by atoms with Gasteiger partial charge in [0, 0.05) is 62.1 Å². The van der Waals surface area contributed by atoms with Gasteiger partial charge in [-0.2, -0.15) is 0 Å². The molecule has 2 atom stereocenters. The summed E-state index contributed by atoms with van der Waals surface area (Å²) in [6.45, 7) is 7.07. The summed E-state index contributed by atoms with van der Waals surface area (Å²) in [5.74, 6) is 1.69. The minimum atomic E-state index is -0.133. The normalized spacial score (nSPS) is 16.9. The van der Waals surface area contributed by atoms with Crippen LogP contribution in [0.5, 0.6) is 0 Å². The van der Waals surface area contributed by atoms with Crippen molar-refractivity contribution in [1.29, 1.82) is 0 Å². The van der Waals surface area contributed by atoms with Gasteiger partial charge in [-0.25, -0.2) is 0 Å². The van der Waals surface area contributed by atoms with Crippen LogP contribution in [0.3, 0.4) is 0 Å². The summed E-state index contributed by atoms with van der Waals surface area (Å²) in [5, 5.41) is 3.60. The van der Waals surface area contributed by atoms with Crippen LogP contribution in [-0.2, 0) is 11.8 Å². The summed E-state index contributed by atoms with van der Waals surface area (Å²) in [6.07, 6.45) is 13.6. The van der Waals surface area contributed by atoms with Crippen LogP contribution in [0.4, 0.5) is 17.1 Å². The van der Waals surface area contributed by atoms with Crippen LogP contribution in [0, 0.1) is 5.92 Å². The quantitative estimate of drug-likeness (QED) is 0.159. The van der Waals surface area contributed by atoms with E-state index in [9.17, 15) is 0 Å². The standard InChI is InChI=1S/C64H50N2O/c1-41-38-46(34-36-48(41)42-18-6-4-7-19-42)66-59-28-16-12-25-53(59)61-54(40-55-52-24-13-17-29-60(52)67-63(55)62(61)66)44-30-32-45(33-31-44)65(58-27-15-11-22-49(58)43-20-8-5-9-21-43)47-35-37-51-50-23-10-14-26-56(50)64(2,3)57(51)39-47/h4-16,18-28,30-41,48H,17,29H2,1-3H3. The van der Waals surface area contributed by atoms with Crippen LogP contribution in [0.2, 0.25) is 0 Å². The predicted octanol–water partition coefficient (Wildman–Crippen LogP) is 17.4. The smallest absolute Gasteiger partial charge is 0.159 e. The molecular formula is C64H50N2O. The van der Waals surface area contributed by atoms with Gasteiger partial charge in [-0.3, -0.25) is 0 Å². The van der Waals surface area contributed by atoms with Gasteiger partial charge in [0.15, 0.2) is 5.58 Å². The first-order valence-corrected chi connectivity index (χ1v) is 23.9. The fraction of sp³-hybridized carbons (Fsp3) is 0.125. The molecule has 0 aliphatic heterocycles. The van der Waals surface area contributed by atoms with E-state index < -0.39 is 0 Å². The molecule has 0 amide bonds. The average molecular weight is 863 g/mol. The number of hydrogen-bond donors (Lipinski definition) is 0. The van der Waals surface area contributed by atoms with E-state index in [1.54, 1.807) is 0 Å². The van der Waals surface area contributed by atoms with E-state index in [1.165, 1.54) is 77.6 Å². The van der Waals surface area contributed by atoms with Crippen molar-refractivity contribution in [2.45, 2.75) is 44.9 Å². The molecule has 0 N–H and O–H groups in total. The minimum absolute atomic E-state index is 0.133. The van der Waals surface area contributed by atoms with E-state index >= 15 is 0 Å². The molecular weight excluding hydrogens is 813 g/mol. The Labute approximate surface area is 392 Å². The Hall–Kier alpha value is -7.88. The Balaban J connectivity index is 1.01. The molecule has 3 aliphatic rings. The van der Waals surface area contributed by atoms with Crippen LogP contribution in [-0.4, -0.2) is 4.57 Å². The molecule has 0 spiro atoms. The number of hydrogen-bond acceptors (Lipinski definition) is 2. The molecule has 0 radical (unpaired) electrons. The first kappa shape index (κ1) is 39.5. The van der Waals surface area contributed by atoms with Crippen molar-refractivity contribution < 1.29 is 4.42 Å². The molecule has 3 aliphatic carbocycles. The van der Waals surface area contributed by atoms with Crippen molar-refractivity contribution >= 4 is 61.6 Å². The van der Waals surface area contributed by atoms with Gasteiger partial charge < -0.3 is 13.9 Å². The van der Waals surface area contributed by atoms with Crippen LogP contribution >= 0.6 is 0 Å². The van der Waals surface area contributed by atoms with Crippen molar-refractivity contribution in [3.8, 4) is 33.4 Å². The lowest BCUT2D eigenvalue weighted by Crippen LogP contribution is -2.16. The first-order chi connectivity index (χ1) is 32.9. The number of fused-ring (bicyclic) bond motifs is 10. The van der Waals surface area contributed by atoms with E-state index in [-0.39, 0.29) is 5.41 Å². The average Bonchev–Trinajstić information content (AvgIpc) is 4.00. The molecule has 2 aromatic heterocycles. The summed E-state index contributed by atoms with van der Waals surface area (Å²) >= 11 is 0. The van der Waals surface area contributed by atoms with Gasteiger partial charge in [-0.15, -0.1) is 0 Å². The van der Waals surface area contributed by atoms with E-state index in [2.05, 4.69) is 243 Å². The van der Waals surface area contributed by atoms with Gasteiger partial charge in [0.25, 0.3) is 0 Å². The van der Waals surface area contributed by atoms with E-state index in [1.807, 2.05) is 0 Å². The molecule has 3 heteroatoms. The molecule has 8 aromatic carbocycles. The van der Waals surface area contributed by atoms with Gasteiger partial charge >= 0.3 is 0 Å².